The lowest BCUT2D eigenvalue weighted by atomic mass is 10.1. The van der Waals surface area contributed by atoms with Gasteiger partial charge in [0.1, 0.15) is 11.5 Å². The number of benzene rings is 2. The van der Waals surface area contributed by atoms with Crippen molar-refractivity contribution in [3.05, 3.63) is 54.1 Å². The van der Waals surface area contributed by atoms with E-state index in [2.05, 4.69) is 10.2 Å². The van der Waals surface area contributed by atoms with Crippen LogP contribution in [0.5, 0.6) is 11.5 Å². The third kappa shape index (κ3) is 4.08. The van der Waals surface area contributed by atoms with Crippen LogP contribution in [-0.4, -0.2) is 29.7 Å². The molecule has 0 aliphatic carbocycles. The van der Waals surface area contributed by atoms with Gasteiger partial charge in [-0.3, -0.25) is 0 Å². The normalized spacial score (nSPS) is 10.6. The minimum Gasteiger partial charge on any atom is -0.497 e. The Kier molecular flexibility index (Phi) is 5.38. The van der Waals surface area contributed by atoms with E-state index in [4.69, 9.17) is 13.9 Å². The molecule has 124 valence electrons. The molecule has 0 saturated carbocycles. The Bertz CT molecular complexity index is 787. The van der Waals surface area contributed by atoms with Crippen molar-refractivity contribution in [1.29, 1.82) is 0 Å². The summed E-state index contributed by atoms with van der Waals surface area (Å²) in [6.07, 6.45) is 0. The van der Waals surface area contributed by atoms with Crippen LogP contribution >= 0.6 is 11.8 Å². The highest BCUT2D eigenvalue weighted by Gasteiger charge is 2.10. The van der Waals surface area contributed by atoms with Gasteiger partial charge < -0.3 is 13.9 Å². The third-order valence-corrected chi connectivity index (χ3v) is 4.20. The van der Waals surface area contributed by atoms with E-state index in [-0.39, 0.29) is 0 Å². The maximum atomic E-state index is 5.70. The summed E-state index contributed by atoms with van der Waals surface area (Å²) in [6.45, 7) is 2.58. The zero-order valence-electron chi connectivity index (χ0n) is 13.6. The molecule has 0 aliphatic rings. The van der Waals surface area contributed by atoms with Crippen LogP contribution in [0.15, 0.2) is 58.2 Å². The van der Waals surface area contributed by atoms with Gasteiger partial charge in [0.25, 0.3) is 5.22 Å². The molecule has 1 aromatic heterocycles. The standard InChI is InChI=1S/C18H18N2O3S/c1-13-5-3-4-6-16(13)17-19-20-18(23-17)24-12-11-22-15-9-7-14(21-2)8-10-15/h3-10H,11-12H2,1-2H3. The first-order valence-corrected chi connectivity index (χ1v) is 8.54. The lowest BCUT2D eigenvalue weighted by molar-refractivity contribution is 0.342. The fraction of sp³-hybridized carbons (Fsp3) is 0.222. The van der Waals surface area contributed by atoms with Gasteiger partial charge in [-0.15, -0.1) is 10.2 Å². The van der Waals surface area contributed by atoms with E-state index in [0.29, 0.717) is 17.7 Å². The fourth-order valence-corrected chi connectivity index (χ4v) is 2.73. The maximum absolute atomic E-state index is 5.70. The van der Waals surface area contributed by atoms with Gasteiger partial charge >= 0.3 is 0 Å². The van der Waals surface area contributed by atoms with Crippen molar-refractivity contribution in [3.8, 4) is 23.0 Å². The molecular formula is C18H18N2O3S. The number of rotatable bonds is 7. The molecule has 0 bridgehead atoms. The second-order valence-corrected chi connectivity index (χ2v) is 6.11. The zero-order chi connectivity index (χ0) is 16.8. The molecule has 5 nitrogen and oxygen atoms in total. The van der Waals surface area contributed by atoms with Crippen LogP contribution < -0.4 is 9.47 Å². The van der Waals surface area contributed by atoms with Crippen LogP contribution in [0, 0.1) is 6.92 Å². The average Bonchev–Trinajstić information content (AvgIpc) is 3.08. The number of thioether (sulfide) groups is 1. The monoisotopic (exact) mass is 342 g/mol. The summed E-state index contributed by atoms with van der Waals surface area (Å²) < 4.78 is 16.5. The predicted octanol–water partition coefficient (Wildman–Crippen LogP) is 4.22. The van der Waals surface area contributed by atoms with Crippen molar-refractivity contribution in [2.24, 2.45) is 0 Å². The van der Waals surface area contributed by atoms with E-state index >= 15 is 0 Å². The first-order valence-electron chi connectivity index (χ1n) is 7.55. The number of hydrogen-bond acceptors (Lipinski definition) is 6. The Morgan fingerprint density at radius 3 is 2.50 bits per heavy atom. The topological polar surface area (TPSA) is 57.4 Å². The van der Waals surface area contributed by atoms with Gasteiger partial charge in [-0.25, -0.2) is 0 Å². The average molecular weight is 342 g/mol. The summed E-state index contributed by atoms with van der Waals surface area (Å²) in [5.41, 5.74) is 2.08. The van der Waals surface area contributed by atoms with Crippen molar-refractivity contribution in [1.82, 2.24) is 10.2 Å². The van der Waals surface area contributed by atoms with Crippen LogP contribution in [-0.2, 0) is 0 Å². The van der Waals surface area contributed by atoms with E-state index in [1.54, 1.807) is 7.11 Å². The van der Waals surface area contributed by atoms with Gasteiger partial charge in [0.2, 0.25) is 5.89 Å². The SMILES string of the molecule is COc1ccc(OCCSc2nnc(-c3ccccc3C)o2)cc1. The van der Waals surface area contributed by atoms with Gasteiger partial charge in [-0.2, -0.15) is 0 Å². The molecule has 0 fully saturated rings. The van der Waals surface area contributed by atoms with Crippen molar-refractivity contribution in [2.75, 3.05) is 19.5 Å². The molecule has 0 atom stereocenters. The Labute approximate surface area is 145 Å². The Morgan fingerprint density at radius 2 is 1.75 bits per heavy atom. The highest BCUT2D eigenvalue weighted by molar-refractivity contribution is 7.99. The van der Waals surface area contributed by atoms with E-state index in [1.807, 2.05) is 55.5 Å². The molecule has 0 radical (unpaired) electrons. The molecule has 0 amide bonds. The van der Waals surface area contributed by atoms with E-state index in [9.17, 15) is 0 Å². The lowest BCUT2D eigenvalue weighted by Crippen LogP contribution is -1.99. The molecule has 6 heteroatoms. The van der Waals surface area contributed by atoms with Crippen molar-refractivity contribution < 1.29 is 13.9 Å². The third-order valence-electron chi connectivity index (χ3n) is 3.42. The summed E-state index contributed by atoms with van der Waals surface area (Å²) >= 11 is 1.48. The Morgan fingerprint density at radius 1 is 1.00 bits per heavy atom. The molecule has 0 spiro atoms. The molecule has 0 aliphatic heterocycles. The van der Waals surface area contributed by atoms with Crippen molar-refractivity contribution in [3.63, 3.8) is 0 Å². The minimum absolute atomic E-state index is 0.548. The fourth-order valence-electron chi connectivity index (χ4n) is 2.15. The molecule has 3 aromatic rings. The number of methoxy groups -OCH3 is 1. The van der Waals surface area contributed by atoms with Crippen LogP contribution in [0.25, 0.3) is 11.5 Å². The highest BCUT2D eigenvalue weighted by atomic mass is 32.2. The number of aromatic nitrogens is 2. The maximum Gasteiger partial charge on any atom is 0.276 e. The summed E-state index contributed by atoms with van der Waals surface area (Å²) in [5, 5.41) is 8.73. The Hall–Kier alpha value is -2.47. The van der Waals surface area contributed by atoms with Crippen LogP contribution in [0.2, 0.25) is 0 Å². The molecule has 3 rings (SSSR count). The van der Waals surface area contributed by atoms with E-state index < -0.39 is 0 Å². The molecule has 24 heavy (non-hydrogen) atoms. The van der Waals surface area contributed by atoms with Crippen molar-refractivity contribution in [2.45, 2.75) is 12.1 Å². The molecule has 2 aromatic carbocycles. The van der Waals surface area contributed by atoms with E-state index in [0.717, 1.165) is 28.4 Å². The van der Waals surface area contributed by atoms with Gasteiger partial charge in [0.05, 0.1) is 13.7 Å². The van der Waals surface area contributed by atoms with Gasteiger partial charge in [0.15, 0.2) is 0 Å². The summed E-state index contributed by atoms with van der Waals surface area (Å²) in [5.74, 6) is 2.89. The van der Waals surface area contributed by atoms with Gasteiger partial charge in [0, 0.05) is 11.3 Å². The molecule has 0 saturated heterocycles. The van der Waals surface area contributed by atoms with Crippen LogP contribution in [0.1, 0.15) is 5.56 Å². The number of ether oxygens (including phenoxy) is 2. The van der Waals surface area contributed by atoms with Gasteiger partial charge in [-0.05, 0) is 42.8 Å². The second-order valence-electron chi connectivity index (χ2n) is 5.06. The molecule has 0 unspecified atom stereocenters. The van der Waals surface area contributed by atoms with E-state index in [1.165, 1.54) is 11.8 Å². The zero-order valence-corrected chi connectivity index (χ0v) is 14.4. The lowest BCUT2D eigenvalue weighted by Gasteiger charge is -2.05. The van der Waals surface area contributed by atoms with Gasteiger partial charge in [-0.1, -0.05) is 30.0 Å². The number of aryl methyl sites for hydroxylation is 1. The predicted molar refractivity (Wildman–Crippen MR) is 93.7 cm³/mol. The summed E-state index contributed by atoms with van der Waals surface area (Å²) in [6, 6.07) is 15.4. The molecule has 0 N–H and O–H groups in total. The first-order chi connectivity index (χ1) is 11.8. The largest absolute Gasteiger partial charge is 0.497 e. The smallest absolute Gasteiger partial charge is 0.276 e. The second kappa shape index (κ2) is 7.88. The highest BCUT2D eigenvalue weighted by Crippen LogP contribution is 2.25. The Balaban J connectivity index is 1.50. The number of hydrogen-bond donors (Lipinski definition) is 0. The molecular weight excluding hydrogens is 324 g/mol. The number of nitrogens with zero attached hydrogens (tertiary/aromatic N) is 2. The molecule has 1 heterocycles. The van der Waals surface area contributed by atoms with Crippen molar-refractivity contribution >= 4 is 11.8 Å². The summed E-state index contributed by atoms with van der Waals surface area (Å²) in [4.78, 5) is 0. The first kappa shape index (κ1) is 16.4. The van der Waals surface area contributed by atoms with Crippen LogP contribution in [0.4, 0.5) is 0 Å². The minimum atomic E-state index is 0.548. The summed E-state index contributed by atoms with van der Waals surface area (Å²) in [7, 11) is 1.64. The van der Waals surface area contributed by atoms with Crippen LogP contribution in [0.3, 0.4) is 0 Å². The quantitative estimate of drug-likeness (QED) is 0.473.